The fraction of sp³-hybridized carbons (Fsp3) is 0.467. The van der Waals surface area contributed by atoms with Gasteiger partial charge in [0.1, 0.15) is 12.4 Å². The van der Waals surface area contributed by atoms with Crippen LogP contribution in [0.15, 0.2) is 36.9 Å². The summed E-state index contributed by atoms with van der Waals surface area (Å²) in [5.74, 6) is 1.69. The highest BCUT2D eigenvalue weighted by atomic mass is 16.5. The molecule has 2 heteroatoms. The number of hydrogen-bond acceptors (Lipinski definition) is 2. The molecule has 0 aromatic heterocycles. The van der Waals surface area contributed by atoms with Crippen LogP contribution in [0, 0.1) is 5.92 Å². The van der Waals surface area contributed by atoms with Crippen molar-refractivity contribution in [3.05, 3.63) is 42.5 Å². The van der Waals surface area contributed by atoms with Crippen LogP contribution in [-0.2, 0) is 6.54 Å². The van der Waals surface area contributed by atoms with Gasteiger partial charge in [0, 0.05) is 12.1 Å². The van der Waals surface area contributed by atoms with E-state index in [1.54, 1.807) is 6.08 Å². The van der Waals surface area contributed by atoms with E-state index in [1.165, 1.54) is 12.0 Å². The predicted molar refractivity (Wildman–Crippen MR) is 73.3 cm³/mol. The molecule has 0 radical (unpaired) electrons. The second kappa shape index (κ2) is 7.91. The largest absolute Gasteiger partial charge is 0.489 e. The summed E-state index contributed by atoms with van der Waals surface area (Å²) in [7, 11) is 0. The lowest BCUT2D eigenvalue weighted by Crippen LogP contribution is -2.16. The van der Waals surface area contributed by atoms with Crippen LogP contribution in [0.5, 0.6) is 5.75 Å². The van der Waals surface area contributed by atoms with Crippen molar-refractivity contribution in [1.29, 1.82) is 0 Å². The normalized spacial score (nSPS) is 10.5. The monoisotopic (exact) mass is 233 g/mol. The van der Waals surface area contributed by atoms with E-state index >= 15 is 0 Å². The summed E-state index contributed by atoms with van der Waals surface area (Å²) in [5, 5.41) is 3.44. The zero-order valence-electron chi connectivity index (χ0n) is 10.9. The molecular weight excluding hydrogens is 210 g/mol. The van der Waals surface area contributed by atoms with Gasteiger partial charge in [-0.25, -0.2) is 0 Å². The van der Waals surface area contributed by atoms with Gasteiger partial charge < -0.3 is 10.1 Å². The van der Waals surface area contributed by atoms with Gasteiger partial charge >= 0.3 is 0 Å². The molecule has 1 aromatic rings. The molecule has 0 spiro atoms. The minimum atomic E-state index is 0.559. The molecule has 0 bridgehead atoms. The first-order valence-electron chi connectivity index (χ1n) is 6.26. The SMILES string of the molecule is C=CCOc1ccccc1CNCCC(C)C. The van der Waals surface area contributed by atoms with Crippen molar-refractivity contribution in [1.82, 2.24) is 5.32 Å². The van der Waals surface area contributed by atoms with Gasteiger partial charge in [-0.1, -0.05) is 44.7 Å². The Bertz CT molecular complexity index is 333. The quantitative estimate of drug-likeness (QED) is 0.549. The summed E-state index contributed by atoms with van der Waals surface area (Å²) in [6, 6.07) is 8.14. The molecule has 1 rings (SSSR count). The molecule has 1 N–H and O–H groups in total. The molecule has 0 fully saturated rings. The summed E-state index contributed by atoms with van der Waals surface area (Å²) in [6.45, 7) is 10.6. The fourth-order valence-corrected chi connectivity index (χ4v) is 1.55. The maximum Gasteiger partial charge on any atom is 0.124 e. The highest BCUT2D eigenvalue weighted by Crippen LogP contribution is 2.17. The first kappa shape index (κ1) is 13.8. The fourth-order valence-electron chi connectivity index (χ4n) is 1.55. The molecule has 0 amide bonds. The molecule has 2 nitrogen and oxygen atoms in total. The van der Waals surface area contributed by atoms with Crippen molar-refractivity contribution in [2.75, 3.05) is 13.2 Å². The third-order valence-electron chi connectivity index (χ3n) is 2.54. The van der Waals surface area contributed by atoms with E-state index in [4.69, 9.17) is 4.74 Å². The smallest absolute Gasteiger partial charge is 0.124 e. The Morgan fingerprint density at radius 3 is 2.82 bits per heavy atom. The number of rotatable bonds is 8. The van der Waals surface area contributed by atoms with Crippen molar-refractivity contribution in [3.8, 4) is 5.75 Å². The lowest BCUT2D eigenvalue weighted by Gasteiger charge is -2.11. The van der Waals surface area contributed by atoms with Crippen molar-refractivity contribution >= 4 is 0 Å². The molecule has 0 aliphatic heterocycles. The van der Waals surface area contributed by atoms with Gasteiger partial charge in [-0.2, -0.15) is 0 Å². The lowest BCUT2D eigenvalue weighted by molar-refractivity contribution is 0.357. The highest BCUT2D eigenvalue weighted by Gasteiger charge is 2.01. The molecule has 0 saturated carbocycles. The van der Waals surface area contributed by atoms with Crippen LogP contribution < -0.4 is 10.1 Å². The number of nitrogens with one attached hydrogen (secondary N) is 1. The van der Waals surface area contributed by atoms with Crippen molar-refractivity contribution in [2.45, 2.75) is 26.8 Å². The Morgan fingerprint density at radius 2 is 2.12 bits per heavy atom. The van der Waals surface area contributed by atoms with E-state index in [1.807, 2.05) is 18.2 Å². The number of hydrogen-bond donors (Lipinski definition) is 1. The summed E-state index contributed by atoms with van der Waals surface area (Å²) >= 11 is 0. The van der Waals surface area contributed by atoms with Crippen LogP contribution in [-0.4, -0.2) is 13.2 Å². The first-order chi connectivity index (χ1) is 8.24. The highest BCUT2D eigenvalue weighted by molar-refractivity contribution is 5.33. The van der Waals surface area contributed by atoms with Crippen LogP contribution >= 0.6 is 0 Å². The topological polar surface area (TPSA) is 21.3 Å². The minimum Gasteiger partial charge on any atom is -0.489 e. The van der Waals surface area contributed by atoms with Gasteiger partial charge in [0.05, 0.1) is 0 Å². The van der Waals surface area contributed by atoms with E-state index in [0.717, 1.165) is 24.8 Å². The Labute approximate surface area is 105 Å². The van der Waals surface area contributed by atoms with Gasteiger partial charge in [0.2, 0.25) is 0 Å². The van der Waals surface area contributed by atoms with Crippen molar-refractivity contribution < 1.29 is 4.74 Å². The summed E-state index contributed by atoms with van der Waals surface area (Å²) < 4.78 is 5.61. The second-order valence-corrected chi connectivity index (χ2v) is 4.57. The number of benzene rings is 1. The standard InChI is InChI=1S/C15H23NO/c1-4-11-17-15-8-6-5-7-14(15)12-16-10-9-13(2)3/h4-8,13,16H,1,9-12H2,2-3H3. The maximum absolute atomic E-state index is 5.61. The average Bonchev–Trinajstić information content (AvgIpc) is 2.33. The van der Waals surface area contributed by atoms with Crippen LogP contribution in [0.2, 0.25) is 0 Å². The van der Waals surface area contributed by atoms with Crippen molar-refractivity contribution in [3.63, 3.8) is 0 Å². The summed E-state index contributed by atoms with van der Waals surface area (Å²) in [4.78, 5) is 0. The van der Waals surface area contributed by atoms with Crippen molar-refractivity contribution in [2.24, 2.45) is 5.92 Å². The molecule has 0 aliphatic rings. The van der Waals surface area contributed by atoms with E-state index < -0.39 is 0 Å². The van der Waals surface area contributed by atoms with Gasteiger partial charge in [-0.15, -0.1) is 0 Å². The molecule has 94 valence electrons. The van der Waals surface area contributed by atoms with E-state index in [2.05, 4.69) is 31.8 Å². The Hall–Kier alpha value is -1.28. The van der Waals surface area contributed by atoms with Crippen LogP contribution in [0.1, 0.15) is 25.8 Å². The molecule has 17 heavy (non-hydrogen) atoms. The van der Waals surface area contributed by atoms with Gasteiger partial charge in [0.25, 0.3) is 0 Å². The third kappa shape index (κ3) is 5.55. The average molecular weight is 233 g/mol. The molecule has 0 aliphatic carbocycles. The second-order valence-electron chi connectivity index (χ2n) is 4.57. The van der Waals surface area contributed by atoms with Crippen LogP contribution in [0.3, 0.4) is 0 Å². The summed E-state index contributed by atoms with van der Waals surface area (Å²) in [5.41, 5.74) is 1.21. The maximum atomic E-state index is 5.61. The molecule has 0 unspecified atom stereocenters. The number of para-hydroxylation sites is 1. The zero-order chi connectivity index (χ0) is 12.5. The third-order valence-corrected chi connectivity index (χ3v) is 2.54. The first-order valence-corrected chi connectivity index (χ1v) is 6.26. The van der Waals surface area contributed by atoms with Gasteiger partial charge in [-0.05, 0) is 24.9 Å². The Kier molecular flexibility index (Phi) is 6.41. The van der Waals surface area contributed by atoms with E-state index in [-0.39, 0.29) is 0 Å². The molecule has 0 atom stereocenters. The molecule has 1 aromatic carbocycles. The minimum absolute atomic E-state index is 0.559. The van der Waals surface area contributed by atoms with Crippen LogP contribution in [0.4, 0.5) is 0 Å². The van der Waals surface area contributed by atoms with Gasteiger partial charge in [-0.3, -0.25) is 0 Å². The molecular formula is C15H23NO. The Balaban J connectivity index is 2.43. The molecule has 0 saturated heterocycles. The van der Waals surface area contributed by atoms with E-state index in [9.17, 15) is 0 Å². The summed E-state index contributed by atoms with van der Waals surface area (Å²) in [6.07, 6.45) is 2.97. The Morgan fingerprint density at radius 1 is 1.35 bits per heavy atom. The zero-order valence-corrected chi connectivity index (χ0v) is 10.9. The molecule has 0 heterocycles. The lowest BCUT2D eigenvalue weighted by atomic mass is 10.1. The number of ether oxygens (including phenoxy) is 1. The van der Waals surface area contributed by atoms with Gasteiger partial charge in [0.15, 0.2) is 0 Å². The van der Waals surface area contributed by atoms with E-state index in [0.29, 0.717) is 6.61 Å². The predicted octanol–water partition coefficient (Wildman–Crippen LogP) is 3.39. The van der Waals surface area contributed by atoms with Crippen LogP contribution in [0.25, 0.3) is 0 Å².